The van der Waals surface area contributed by atoms with E-state index in [1.165, 1.54) is 0 Å². The summed E-state index contributed by atoms with van der Waals surface area (Å²) >= 11 is 0. The second kappa shape index (κ2) is 5.17. The molecule has 1 rings (SSSR count). The van der Waals surface area contributed by atoms with Crippen molar-refractivity contribution >= 4 is 0 Å². The van der Waals surface area contributed by atoms with Crippen molar-refractivity contribution in [3.63, 3.8) is 0 Å². The first-order valence-corrected chi connectivity index (χ1v) is 4.10. The van der Waals surface area contributed by atoms with E-state index in [-0.39, 0.29) is 6.29 Å². The minimum atomic E-state index is 0.0489. The molecule has 0 amide bonds. The molecule has 2 heteroatoms. The van der Waals surface area contributed by atoms with Crippen molar-refractivity contribution in [1.82, 2.24) is 0 Å². The Balaban J connectivity index is 1.90. The van der Waals surface area contributed by atoms with E-state index in [1.54, 1.807) is 0 Å². The van der Waals surface area contributed by atoms with Crippen molar-refractivity contribution < 1.29 is 9.47 Å². The van der Waals surface area contributed by atoms with Gasteiger partial charge >= 0.3 is 0 Å². The summed E-state index contributed by atoms with van der Waals surface area (Å²) in [7, 11) is 0. The van der Waals surface area contributed by atoms with Gasteiger partial charge in [-0.3, -0.25) is 0 Å². The van der Waals surface area contributed by atoms with Gasteiger partial charge in [-0.15, -0.1) is 12.3 Å². The number of terminal acetylenes is 1. The highest BCUT2D eigenvalue weighted by atomic mass is 16.7. The lowest BCUT2D eigenvalue weighted by atomic mass is 10.2. The van der Waals surface area contributed by atoms with Crippen molar-refractivity contribution in [2.24, 2.45) is 0 Å². The van der Waals surface area contributed by atoms with Crippen LogP contribution in [-0.2, 0) is 9.47 Å². The van der Waals surface area contributed by atoms with Crippen LogP contribution in [0.25, 0.3) is 0 Å². The van der Waals surface area contributed by atoms with Crippen LogP contribution in [0.3, 0.4) is 0 Å². The van der Waals surface area contributed by atoms with E-state index in [1.807, 2.05) is 0 Å². The third-order valence-electron chi connectivity index (χ3n) is 1.70. The summed E-state index contributed by atoms with van der Waals surface area (Å²) in [5.74, 6) is 2.61. The minimum Gasteiger partial charge on any atom is -0.350 e. The van der Waals surface area contributed by atoms with Crippen molar-refractivity contribution in [1.29, 1.82) is 0 Å². The molecule has 0 N–H and O–H groups in total. The highest BCUT2D eigenvalue weighted by Crippen LogP contribution is 2.11. The maximum atomic E-state index is 5.26. The minimum absolute atomic E-state index is 0.0489. The number of rotatable bonds is 4. The van der Waals surface area contributed by atoms with E-state index in [9.17, 15) is 0 Å². The Kier molecular flexibility index (Phi) is 4.03. The van der Waals surface area contributed by atoms with Crippen LogP contribution in [0.4, 0.5) is 0 Å². The van der Waals surface area contributed by atoms with E-state index in [2.05, 4.69) is 5.92 Å². The summed E-state index contributed by atoms with van der Waals surface area (Å²) in [4.78, 5) is 0. The number of unbranched alkanes of at least 4 members (excludes halogenated alkanes) is 2. The number of hydrogen-bond donors (Lipinski definition) is 0. The molecule has 0 aliphatic carbocycles. The molecule has 0 aromatic heterocycles. The van der Waals surface area contributed by atoms with Crippen molar-refractivity contribution in [3.05, 3.63) is 0 Å². The Morgan fingerprint density at radius 1 is 1.27 bits per heavy atom. The predicted octanol–water partition coefficient (Wildman–Crippen LogP) is 1.55. The maximum absolute atomic E-state index is 5.26. The molecule has 62 valence electrons. The fourth-order valence-electron chi connectivity index (χ4n) is 1.11. The van der Waals surface area contributed by atoms with Crippen molar-refractivity contribution in [2.75, 3.05) is 13.2 Å². The molecule has 1 aliphatic heterocycles. The van der Waals surface area contributed by atoms with Crippen LogP contribution in [0.15, 0.2) is 0 Å². The van der Waals surface area contributed by atoms with Gasteiger partial charge in [0.1, 0.15) is 0 Å². The largest absolute Gasteiger partial charge is 0.350 e. The topological polar surface area (TPSA) is 18.5 Å². The van der Waals surface area contributed by atoms with Gasteiger partial charge in [0.05, 0.1) is 13.2 Å². The number of ether oxygens (including phenoxy) is 2. The Labute approximate surface area is 67.9 Å². The van der Waals surface area contributed by atoms with Gasteiger partial charge in [-0.1, -0.05) is 0 Å². The third kappa shape index (κ3) is 3.41. The quantitative estimate of drug-likeness (QED) is 0.452. The van der Waals surface area contributed by atoms with Crippen LogP contribution in [0.5, 0.6) is 0 Å². The van der Waals surface area contributed by atoms with Gasteiger partial charge in [0.2, 0.25) is 0 Å². The lowest BCUT2D eigenvalue weighted by Gasteiger charge is -2.06. The van der Waals surface area contributed by atoms with E-state index < -0.39 is 0 Å². The zero-order chi connectivity index (χ0) is 7.94. The molecule has 1 heterocycles. The standard InChI is InChI=1S/C9H14O2/c1-2-3-4-5-6-9-10-7-8-11-9/h1,9H,3-8H2. The Morgan fingerprint density at radius 3 is 2.64 bits per heavy atom. The molecule has 0 atom stereocenters. The lowest BCUT2D eigenvalue weighted by molar-refractivity contribution is -0.0478. The second-order valence-corrected chi connectivity index (χ2v) is 2.62. The highest BCUT2D eigenvalue weighted by molar-refractivity contribution is 4.82. The zero-order valence-electron chi connectivity index (χ0n) is 6.71. The van der Waals surface area contributed by atoms with Gasteiger partial charge in [-0.25, -0.2) is 0 Å². The van der Waals surface area contributed by atoms with Crippen LogP contribution in [-0.4, -0.2) is 19.5 Å². The summed E-state index contributed by atoms with van der Waals surface area (Å²) in [6, 6.07) is 0. The Hall–Kier alpha value is -0.520. The summed E-state index contributed by atoms with van der Waals surface area (Å²) in [6.07, 6.45) is 9.20. The third-order valence-corrected chi connectivity index (χ3v) is 1.70. The molecule has 1 fully saturated rings. The molecule has 0 aromatic rings. The normalized spacial score (nSPS) is 18.5. The molecule has 2 nitrogen and oxygen atoms in total. The van der Waals surface area contributed by atoms with E-state index in [0.29, 0.717) is 0 Å². The van der Waals surface area contributed by atoms with Crippen LogP contribution in [0.2, 0.25) is 0 Å². The van der Waals surface area contributed by atoms with Crippen LogP contribution in [0, 0.1) is 12.3 Å². The monoisotopic (exact) mass is 154 g/mol. The fourth-order valence-corrected chi connectivity index (χ4v) is 1.11. The summed E-state index contributed by atoms with van der Waals surface area (Å²) in [5.41, 5.74) is 0. The van der Waals surface area contributed by atoms with Crippen molar-refractivity contribution in [2.45, 2.75) is 32.0 Å². The van der Waals surface area contributed by atoms with E-state index >= 15 is 0 Å². The molecule has 0 bridgehead atoms. The Morgan fingerprint density at radius 2 is 2.00 bits per heavy atom. The molecular formula is C9H14O2. The van der Waals surface area contributed by atoms with Gasteiger partial charge in [0.25, 0.3) is 0 Å². The van der Waals surface area contributed by atoms with Gasteiger partial charge in [0.15, 0.2) is 6.29 Å². The van der Waals surface area contributed by atoms with Crippen LogP contribution >= 0.6 is 0 Å². The average Bonchev–Trinajstić information content (AvgIpc) is 2.50. The average molecular weight is 154 g/mol. The Bertz CT molecular complexity index is 131. The molecule has 11 heavy (non-hydrogen) atoms. The van der Waals surface area contributed by atoms with Gasteiger partial charge in [0, 0.05) is 6.42 Å². The van der Waals surface area contributed by atoms with Crippen molar-refractivity contribution in [3.8, 4) is 12.3 Å². The zero-order valence-corrected chi connectivity index (χ0v) is 6.71. The predicted molar refractivity (Wildman–Crippen MR) is 43.0 cm³/mol. The number of hydrogen-bond acceptors (Lipinski definition) is 2. The smallest absolute Gasteiger partial charge is 0.157 e. The molecule has 0 aromatic carbocycles. The molecular weight excluding hydrogens is 140 g/mol. The molecule has 1 aliphatic rings. The first-order chi connectivity index (χ1) is 5.43. The summed E-state index contributed by atoms with van der Waals surface area (Å²) < 4.78 is 10.5. The first kappa shape index (κ1) is 8.58. The molecule has 0 saturated carbocycles. The fraction of sp³-hybridized carbons (Fsp3) is 0.778. The van der Waals surface area contributed by atoms with E-state index in [0.717, 1.165) is 38.9 Å². The first-order valence-electron chi connectivity index (χ1n) is 4.10. The van der Waals surface area contributed by atoms with E-state index in [4.69, 9.17) is 15.9 Å². The SMILES string of the molecule is C#CCCCCC1OCCO1. The van der Waals surface area contributed by atoms with Crippen LogP contribution in [0.1, 0.15) is 25.7 Å². The highest BCUT2D eigenvalue weighted by Gasteiger charge is 2.14. The second-order valence-electron chi connectivity index (χ2n) is 2.62. The molecule has 0 unspecified atom stereocenters. The van der Waals surface area contributed by atoms with Crippen LogP contribution < -0.4 is 0 Å². The molecule has 0 radical (unpaired) electrons. The lowest BCUT2D eigenvalue weighted by Crippen LogP contribution is -2.06. The summed E-state index contributed by atoms with van der Waals surface area (Å²) in [5, 5.41) is 0. The van der Waals surface area contributed by atoms with Gasteiger partial charge < -0.3 is 9.47 Å². The maximum Gasteiger partial charge on any atom is 0.157 e. The molecule has 1 saturated heterocycles. The molecule has 0 spiro atoms. The van der Waals surface area contributed by atoms with Gasteiger partial charge in [-0.05, 0) is 19.3 Å². The summed E-state index contributed by atoms with van der Waals surface area (Å²) in [6.45, 7) is 1.50. The van der Waals surface area contributed by atoms with Gasteiger partial charge in [-0.2, -0.15) is 0 Å².